The zero-order chi connectivity index (χ0) is 12.8. The molecule has 0 aliphatic heterocycles. The van der Waals surface area contributed by atoms with Crippen LogP contribution in [0.1, 0.15) is 19.4 Å². The van der Waals surface area contributed by atoms with E-state index in [4.69, 9.17) is 19.6 Å². The average Bonchev–Trinajstić information content (AvgIpc) is 2.81. The minimum absolute atomic E-state index is 0.174. The van der Waals surface area contributed by atoms with Gasteiger partial charge in [0.05, 0.1) is 17.3 Å². The number of fused-ring (bicyclic) bond motifs is 1. The van der Waals surface area contributed by atoms with Crippen molar-refractivity contribution in [2.75, 3.05) is 19.6 Å². The maximum Gasteiger partial charge on any atom is 0.188 e. The van der Waals surface area contributed by atoms with Gasteiger partial charge in [-0.25, -0.2) is 0 Å². The molecule has 2 aromatic rings. The summed E-state index contributed by atoms with van der Waals surface area (Å²) < 4.78 is 15.6. The Labute approximate surface area is 101 Å². The van der Waals surface area contributed by atoms with Gasteiger partial charge in [0.15, 0.2) is 12.5 Å². The summed E-state index contributed by atoms with van der Waals surface area (Å²) in [5.41, 5.74) is 8.26. The van der Waals surface area contributed by atoms with E-state index in [9.17, 15) is 0 Å². The Morgan fingerprint density at radius 2 is 2.06 bits per heavy atom. The molecule has 4 nitrogen and oxygen atoms in total. The first kappa shape index (κ1) is 13.4. The molecule has 0 unspecified atom stereocenters. The first-order valence-corrected chi connectivity index (χ1v) is 5.62. The van der Waals surface area contributed by atoms with E-state index >= 15 is 0 Å². The highest BCUT2D eigenvalue weighted by Crippen LogP contribution is 2.34. The van der Waals surface area contributed by atoms with Crippen molar-refractivity contribution < 1.29 is 13.9 Å². The van der Waals surface area contributed by atoms with Crippen LogP contribution in [0.4, 0.5) is 5.69 Å². The van der Waals surface area contributed by atoms with Crippen molar-refractivity contribution in [2.24, 2.45) is 0 Å². The van der Waals surface area contributed by atoms with Gasteiger partial charge in [-0.1, -0.05) is 13.8 Å². The number of ether oxygens (including phenoxy) is 2. The van der Waals surface area contributed by atoms with Gasteiger partial charge in [0.25, 0.3) is 0 Å². The van der Waals surface area contributed by atoms with Crippen LogP contribution in [0.2, 0.25) is 0 Å². The summed E-state index contributed by atoms with van der Waals surface area (Å²) in [7, 11) is 1.57. The Bertz CT molecular complexity index is 477. The lowest BCUT2D eigenvalue weighted by atomic mass is 10.1. The zero-order valence-electron chi connectivity index (χ0n) is 10.7. The number of rotatable bonds is 3. The van der Waals surface area contributed by atoms with Gasteiger partial charge in [0.1, 0.15) is 5.58 Å². The van der Waals surface area contributed by atoms with Crippen LogP contribution in [0.3, 0.4) is 0 Å². The number of nitrogen functional groups attached to an aromatic ring is 1. The van der Waals surface area contributed by atoms with Crippen molar-refractivity contribution in [3.05, 3.63) is 24.0 Å². The summed E-state index contributed by atoms with van der Waals surface area (Å²) in [5.74, 6) is 0.617. The van der Waals surface area contributed by atoms with Crippen LogP contribution in [0.25, 0.3) is 11.0 Å². The number of hydrogen-bond donors (Lipinski definition) is 1. The van der Waals surface area contributed by atoms with Crippen LogP contribution in [-0.2, 0) is 4.74 Å². The average molecular weight is 237 g/mol. The number of hydrogen-bond acceptors (Lipinski definition) is 4. The predicted octanol–water partition coefficient (Wildman–Crippen LogP) is 3.33. The number of anilines is 1. The van der Waals surface area contributed by atoms with Crippen LogP contribution in [0, 0.1) is 6.92 Å². The number of furan rings is 1. The molecule has 1 aromatic heterocycles. The van der Waals surface area contributed by atoms with Crippen LogP contribution in [0.5, 0.6) is 5.75 Å². The molecule has 17 heavy (non-hydrogen) atoms. The van der Waals surface area contributed by atoms with E-state index in [1.807, 2.05) is 32.9 Å². The van der Waals surface area contributed by atoms with Gasteiger partial charge in [-0.2, -0.15) is 0 Å². The fraction of sp³-hybridized carbons (Fsp3) is 0.385. The number of nitrogens with two attached hydrogens (primary N) is 1. The van der Waals surface area contributed by atoms with Gasteiger partial charge in [-0.3, -0.25) is 0 Å². The maximum atomic E-state index is 5.87. The quantitative estimate of drug-likeness (QED) is 0.657. The fourth-order valence-corrected chi connectivity index (χ4v) is 1.59. The van der Waals surface area contributed by atoms with E-state index < -0.39 is 0 Å². The Balaban J connectivity index is 0.000000686. The molecule has 1 aromatic carbocycles. The third kappa shape index (κ3) is 2.71. The standard InChI is InChI=1S/C11H13NO3.C2H6/c1-7-5-9(12)11(15-6-13-2)8-3-4-14-10(7)8;1-2/h3-5H,6,12H2,1-2H3;1-2H3. The minimum atomic E-state index is 0.174. The first-order chi connectivity index (χ1) is 8.24. The molecule has 4 heteroatoms. The second kappa shape index (κ2) is 6.15. The van der Waals surface area contributed by atoms with Gasteiger partial charge in [-0.15, -0.1) is 0 Å². The van der Waals surface area contributed by atoms with Gasteiger partial charge in [-0.05, 0) is 24.6 Å². The van der Waals surface area contributed by atoms with Crippen LogP contribution >= 0.6 is 0 Å². The molecule has 0 saturated carbocycles. The Morgan fingerprint density at radius 1 is 1.35 bits per heavy atom. The van der Waals surface area contributed by atoms with E-state index in [1.54, 1.807) is 13.4 Å². The predicted molar refractivity (Wildman–Crippen MR) is 69.2 cm³/mol. The molecule has 1 heterocycles. The van der Waals surface area contributed by atoms with Crippen molar-refractivity contribution in [1.82, 2.24) is 0 Å². The van der Waals surface area contributed by atoms with Crippen molar-refractivity contribution in [3.63, 3.8) is 0 Å². The highest BCUT2D eigenvalue weighted by molar-refractivity contribution is 5.91. The van der Waals surface area contributed by atoms with Crippen LogP contribution in [-0.4, -0.2) is 13.9 Å². The SMILES string of the molecule is CC.COCOc1c(N)cc(C)c2occc12. The summed E-state index contributed by atoms with van der Waals surface area (Å²) in [6.07, 6.45) is 1.62. The third-order valence-electron chi connectivity index (χ3n) is 2.22. The van der Waals surface area contributed by atoms with Gasteiger partial charge >= 0.3 is 0 Å². The lowest BCUT2D eigenvalue weighted by Crippen LogP contribution is -2.02. The van der Waals surface area contributed by atoms with E-state index in [2.05, 4.69) is 0 Å². The smallest absolute Gasteiger partial charge is 0.188 e. The number of benzene rings is 1. The zero-order valence-corrected chi connectivity index (χ0v) is 10.7. The monoisotopic (exact) mass is 237 g/mol. The summed E-state index contributed by atoms with van der Waals surface area (Å²) >= 11 is 0. The van der Waals surface area contributed by atoms with Crippen molar-refractivity contribution in [1.29, 1.82) is 0 Å². The van der Waals surface area contributed by atoms with E-state index in [-0.39, 0.29) is 6.79 Å². The molecule has 0 aliphatic carbocycles. The highest BCUT2D eigenvalue weighted by Gasteiger charge is 2.11. The molecular weight excluding hydrogens is 218 g/mol. The van der Waals surface area contributed by atoms with Crippen molar-refractivity contribution in [3.8, 4) is 5.75 Å². The summed E-state index contributed by atoms with van der Waals surface area (Å²) in [5, 5.41) is 0.879. The molecule has 0 aliphatic rings. The molecule has 0 atom stereocenters. The first-order valence-electron chi connectivity index (χ1n) is 5.62. The van der Waals surface area contributed by atoms with Crippen molar-refractivity contribution in [2.45, 2.75) is 20.8 Å². The lowest BCUT2D eigenvalue weighted by molar-refractivity contribution is 0.0527. The molecule has 0 bridgehead atoms. The Kier molecular flexibility index (Phi) is 4.84. The van der Waals surface area contributed by atoms with Gasteiger partial charge in [0, 0.05) is 7.11 Å². The van der Waals surface area contributed by atoms with Crippen LogP contribution in [0.15, 0.2) is 22.8 Å². The second-order valence-electron chi connectivity index (χ2n) is 3.33. The highest BCUT2D eigenvalue weighted by atomic mass is 16.7. The van der Waals surface area contributed by atoms with Crippen molar-refractivity contribution >= 4 is 16.7 Å². The normalized spacial score (nSPS) is 9.88. The van der Waals surface area contributed by atoms with Gasteiger partial charge in [0.2, 0.25) is 0 Å². The second-order valence-corrected chi connectivity index (χ2v) is 3.33. The topological polar surface area (TPSA) is 57.6 Å². The molecule has 2 rings (SSSR count). The van der Waals surface area contributed by atoms with E-state index in [0.717, 1.165) is 16.5 Å². The number of methoxy groups -OCH3 is 1. The van der Waals surface area contributed by atoms with E-state index in [1.165, 1.54) is 0 Å². The summed E-state index contributed by atoms with van der Waals surface area (Å²) in [4.78, 5) is 0. The summed E-state index contributed by atoms with van der Waals surface area (Å²) in [6, 6.07) is 3.67. The third-order valence-corrected chi connectivity index (χ3v) is 2.22. The van der Waals surface area contributed by atoms with Crippen LogP contribution < -0.4 is 10.5 Å². The molecule has 0 radical (unpaired) electrons. The summed E-state index contributed by atoms with van der Waals surface area (Å²) in [6.45, 7) is 6.12. The molecule has 0 amide bonds. The molecule has 0 spiro atoms. The van der Waals surface area contributed by atoms with E-state index in [0.29, 0.717) is 11.4 Å². The number of aryl methyl sites for hydroxylation is 1. The molecule has 0 fully saturated rings. The lowest BCUT2D eigenvalue weighted by Gasteiger charge is -2.09. The molecule has 2 N–H and O–H groups in total. The molecule has 94 valence electrons. The Hall–Kier alpha value is -1.68. The molecule has 0 saturated heterocycles. The largest absolute Gasteiger partial charge is 0.465 e. The Morgan fingerprint density at radius 3 is 2.71 bits per heavy atom. The molecular formula is C13H19NO3. The maximum absolute atomic E-state index is 5.87. The minimum Gasteiger partial charge on any atom is -0.465 e. The van der Waals surface area contributed by atoms with Gasteiger partial charge < -0.3 is 19.6 Å². The fourth-order valence-electron chi connectivity index (χ4n) is 1.59.